The minimum absolute atomic E-state index is 0.538. The molecular weight excluding hydrogens is 276 g/mol. The topological polar surface area (TPSA) is 24.4 Å². The second kappa shape index (κ2) is 5.68. The van der Waals surface area contributed by atoms with Crippen LogP contribution in [-0.2, 0) is 0 Å². The normalized spacial score (nSPS) is 30.8. The van der Waals surface area contributed by atoms with E-state index >= 15 is 0 Å². The van der Waals surface area contributed by atoms with Crippen LogP contribution in [0.3, 0.4) is 0 Å². The first-order valence-corrected chi connectivity index (χ1v) is 9.32. The maximum Gasteiger partial charge on any atom is 0.156 e. The first-order chi connectivity index (χ1) is 10.3. The lowest BCUT2D eigenvalue weighted by molar-refractivity contribution is 0.232. The third-order valence-electron chi connectivity index (χ3n) is 5.31. The van der Waals surface area contributed by atoms with E-state index in [-0.39, 0.29) is 0 Å². The van der Waals surface area contributed by atoms with Crippen LogP contribution >= 0.6 is 11.8 Å². The average molecular weight is 300 g/mol. The van der Waals surface area contributed by atoms with Gasteiger partial charge in [0, 0.05) is 24.3 Å². The van der Waals surface area contributed by atoms with E-state index in [4.69, 9.17) is 4.99 Å². The molecule has 2 aliphatic carbocycles. The van der Waals surface area contributed by atoms with E-state index in [1.165, 1.54) is 55.0 Å². The third-order valence-corrected chi connectivity index (χ3v) is 6.59. The number of amidine groups is 1. The molecule has 0 radical (unpaired) electrons. The smallest absolute Gasteiger partial charge is 0.156 e. The van der Waals surface area contributed by atoms with Crippen molar-refractivity contribution in [3.05, 3.63) is 35.9 Å². The molecular formula is C18H24N2S. The van der Waals surface area contributed by atoms with Gasteiger partial charge in [0.2, 0.25) is 0 Å². The lowest BCUT2D eigenvalue weighted by Gasteiger charge is -2.38. The number of thioether (sulfide) groups is 1. The summed E-state index contributed by atoms with van der Waals surface area (Å²) in [7, 11) is 0. The van der Waals surface area contributed by atoms with Crippen LogP contribution in [0.15, 0.2) is 35.3 Å². The van der Waals surface area contributed by atoms with Gasteiger partial charge < -0.3 is 5.32 Å². The zero-order valence-corrected chi connectivity index (χ0v) is 13.4. The Hall–Kier alpha value is -0.960. The molecule has 1 heterocycles. The lowest BCUT2D eigenvalue weighted by Crippen LogP contribution is -2.37. The SMILES string of the molecule is c1ccc(C2CC2NC2=NCC3(CCCCC3)CS2)cc1. The van der Waals surface area contributed by atoms with Crippen molar-refractivity contribution in [1.29, 1.82) is 0 Å². The quantitative estimate of drug-likeness (QED) is 0.886. The van der Waals surface area contributed by atoms with E-state index in [9.17, 15) is 0 Å². The second-order valence-electron chi connectivity index (χ2n) is 6.97. The molecule has 21 heavy (non-hydrogen) atoms. The van der Waals surface area contributed by atoms with Gasteiger partial charge in [0.1, 0.15) is 0 Å². The molecule has 1 aromatic carbocycles. The summed E-state index contributed by atoms with van der Waals surface area (Å²) >= 11 is 1.97. The Balaban J connectivity index is 1.33. The van der Waals surface area contributed by atoms with Crippen LogP contribution in [-0.4, -0.2) is 23.5 Å². The molecule has 3 heteroatoms. The molecule has 0 aromatic heterocycles. The molecule has 2 saturated carbocycles. The van der Waals surface area contributed by atoms with Crippen molar-refractivity contribution in [1.82, 2.24) is 5.32 Å². The zero-order valence-electron chi connectivity index (χ0n) is 12.6. The molecule has 112 valence electrons. The van der Waals surface area contributed by atoms with Crippen LogP contribution in [0.5, 0.6) is 0 Å². The van der Waals surface area contributed by atoms with Crippen LogP contribution in [0.4, 0.5) is 0 Å². The fraction of sp³-hybridized carbons (Fsp3) is 0.611. The molecule has 1 aromatic rings. The summed E-state index contributed by atoms with van der Waals surface area (Å²) in [5, 5.41) is 4.88. The Bertz CT molecular complexity index is 519. The van der Waals surface area contributed by atoms with Crippen molar-refractivity contribution in [2.45, 2.75) is 50.5 Å². The lowest BCUT2D eigenvalue weighted by atomic mass is 9.75. The van der Waals surface area contributed by atoms with Crippen LogP contribution < -0.4 is 5.32 Å². The highest BCUT2D eigenvalue weighted by Gasteiger charge is 2.40. The number of hydrogen-bond acceptors (Lipinski definition) is 3. The van der Waals surface area contributed by atoms with Crippen LogP contribution in [0.1, 0.15) is 50.0 Å². The van der Waals surface area contributed by atoms with Gasteiger partial charge in [-0.2, -0.15) is 0 Å². The molecule has 4 rings (SSSR count). The van der Waals surface area contributed by atoms with Gasteiger partial charge in [-0.25, -0.2) is 0 Å². The van der Waals surface area contributed by atoms with Crippen LogP contribution in [0, 0.1) is 5.41 Å². The zero-order chi connectivity index (χ0) is 14.1. The Morgan fingerprint density at radius 2 is 1.90 bits per heavy atom. The van der Waals surface area contributed by atoms with E-state index in [0.717, 1.165) is 6.54 Å². The second-order valence-corrected chi connectivity index (χ2v) is 7.94. The average Bonchev–Trinajstić information content (AvgIpc) is 3.31. The van der Waals surface area contributed by atoms with Gasteiger partial charge in [0.05, 0.1) is 0 Å². The van der Waals surface area contributed by atoms with Crippen molar-refractivity contribution in [3.8, 4) is 0 Å². The molecule has 2 unspecified atom stereocenters. The van der Waals surface area contributed by atoms with Gasteiger partial charge in [-0.1, -0.05) is 61.4 Å². The Morgan fingerprint density at radius 1 is 1.10 bits per heavy atom. The highest BCUT2D eigenvalue weighted by Crippen LogP contribution is 2.44. The van der Waals surface area contributed by atoms with Gasteiger partial charge in [0.15, 0.2) is 5.17 Å². The predicted molar refractivity (Wildman–Crippen MR) is 91.0 cm³/mol. The Morgan fingerprint density at radius 3 is 2.62 bits per heavy atom. The highest BCUT2D eigenvalue weighted by molar-refractivity contribution is 8.13. The maximum absolute atomic E-state index is 4.88. The fourth-order valence-electron chi connectivity index (χ4n) is 3.83. The number of benzene rings is 1. The summed E-state index contributed by atoms with van der Waals surface area (Å²) in [6.45, 7) is 1.06. The Kier molecular flexibility index (Phi) is 3.70. The monoisotopic (exact) mass is 300 g/mol. The number of aliphatic imine (C=N–C) groups is 1. The number of hydrogen-bond donors (Lipinski definition) is 1. The molecule has 2 nitrogen and oxygen atoms in total. The number of nitrogens with zero attached hydrogens (tertiary/aromatic N) is 1. The minimum Gasteiger partial charge on any atom is -0.362 e. The third kappa shape index (κ3) is 2.98. The van der Waals surface area contributed by atoms with Gasteiger partial charge in [0.25, 0.3) is 0 Å². The summed E-state index contributed by atoms with van der Waals surface area (Å²) < 4.78 is 0. The highest BCUT2D eigenvalue weighted by atomic mass is 32.2. The summed E-state index contributed by atoms with van der Waals surface area (Å²) in [5.41, 5.74) is 2.01. The van der Waals surface area contributed by atoms with E-state index < -0.39 is 0 Å². The van der Waals surface area contributed by atoms with E-state index in [2.05, 4.69) is 35.6 Å². The maximum atomic E-state index is 4.88. The van der Waals surface area contributed by atoms with Gasteiger partial charge in [-0.3, -0.25) is 4.99 Å². The Labute approximate surface area is 131 Å². The van der Waals surface area contributed by atoms with Gasteiger partial charge in [-0.05, 0) is 30.2 Å². The van der Waals surface area contributed by atoms with Crippen molar-refractivity contribution >= 4 is 16.9 Å². The first kappa shape index (κ1) is 13.7. The minimum atomic E-state index is 0.538. The molecule has 2 fully saturated rings. The number of nitrogens with one attached hydrogen (secondary N) is 1. The molecule has 0 bridgehead atoms. The largest absolute Gasteiger partial charge is 0.362 e. The molecule has 0 saturated heterocycles. The van der Waals surface area contributed by atoms with Crippen molar-refractivity contribution in [3.63, 3.8) is 0 Å². The summed E-state index contributed by atoms with van der Waals surface area (Å²) in [6.07, 6.45) is 8.31. The molecule has 1 N–H and O–H groups in total. The van der Waals surface area contributed by atoms with E-state index in [1.807, 2.05) is 11.8 Å². The van der Waals surface area contributed by atoms with Gasteiger partial charge in [-0.15, -0.1) is 0 Å². The van der Waals surface area contributed by atoms with Crippen LogP contribution in [0.2, 0.25) is 0 Å². The van der Waals surface area contributed by atoms with Crippen molar-refractivity contribution in [2.75, 3.05) is 12.3 Å². The molecule has 1 aliphatic heterocycles. The fourth-order valence-corrected chi connectivity index (χ4v) is 5.04. The molecule has 0 amide bonds. The van der Waals surface area contributed by atoms with E-state index in [1.54, 1.807) is 0 Å². The molecule has 1 spiro atoms. The van der Waals surface area contributed by atoms with Gasteiger partial charge >= 0.3 is 0 Å². The van der Waals surface area contributed by atoms with Crippen molar-refractivity contribution in [2.24, 2.45) is 10.4 Å². The number of rotatable bonds is 2. The first-order valence-electron chi connectivity index (χ1n) is 8.33. The summed E-state index contributed by atoms with van der Waals surface area (Å²) in [6, 6.07) is 11.5. The van der Waals surface area contributed by atoms with Crippen molar-refractivity contribution < 1.29 is 0 Å². The molecule has 2 atom stereocenters. The summed E-state index contributed by atoms with van der Waals surface area (Å²) in [4.78, 5) is 4.88. The van der Waals surface area contributed by atoms with Crippen LogP contribution in [0.25, 0.3) is 0 Å². The standard InChI is InChI=1S/C18H24N2S/c1-3-7-14(8-4-1)15-11-16(15)20-17-19-12-18(13-21-17)9-5-2-6-10-18/h1,3-4,7-8,15-16H,2,5-6,9-13H2,(H,19,20). The van der Waals surface area contributed by atoms with E-state index in [0.29, 0.717) is 17.4 Å². The summed E-state index contributed by atoms with van der Waals surface area (Å²) in [5.74, 6) is 1.97. The molecule has 3 aliphatic rings. The predicted octanol–water partition coefficient (Wildman–Crippen LogP) is 4.19.